The minimum atomic E-state index is -0.587. The monoisotopic (exact) mass is 357 g/mol. The van der Waals surface area contributed by atoms with Crippen molar-refractivity contribution in [2.45, 2.75) is 19.0 Å². The number of nitrogens with zero attached hydrogens (tertiary/aromatic N) is 1. The predicted octanol–water partition coefficient (Wildman–Crippen LogP) is 2.44. The van der Waals surface area contributed by atoms with Crippen molar-refractivity contribution in [2.75, 3.05) is 18.6 Å². The van der Waals surface area contributed by atoms with E-state index in [2.05, 4.69) is 10.6 Å². The zero-order valence-electron chi connectivity index (χ0n) is 14.4. The summed E-state index contributed by atoms with van der Waals surface area (Å²) in [5.41, 5.74) is 1.55. The van der Waals surface area contributed by atoms with Crippen LogP contribution < -0.4 is 20.3 Å². The van der Waals surface area contributed by atoms with E-state index in [-0.39, 0.29) is 11.7 Å². The summed E-state index contributed by atoms with van der Waals surface area (Å²) in [5, 5.41) is 5.43. The molecule has 1 unspecified atom stereocenters. The average Bonchev–Trinajstić information content (AvgIpc) is 3.01. The Morgan fingerprint density at radius 1 is 1.19 bits per heavy atom. The molecule has 0 radical (unpaired) electrons. The number of ether oxygens (including phenoxy) is 1. The topological polar surface area (TPSA) is 70.7 Å². The van der Waals surface area contributed by atoms with Crippen LogP contribution in [0.4, 0.5) is 14.9 Å². The highest BCUT2D eigenvalue weighted by atomic mass is 19.1. The molecule has 0 aliphatic carbocycles. The smallest absolute Gasteiger partial charge is 0.315 e. The maximum atomic E-state index is 13.0. The highest BCUT2D eigenvalue weighted by Crippen LogP contribution is 2.21. The van der Waals surface area contributed by atoms with E-state index >= 15 is 0 Å². The van der Waals surface area contributed by atoms with Gasteiger partial charge < -0.3 is 20.3 Å². The molecule has 3 rings (SSSR count). The van der Waals surface area contributed by atoms with Crippen LogP contribution in [0.3, 0.4) is 0 Å². The molecule has 1 atom stereocenters. The second-order valence-corrected chi connectivity index (χ2v) is 5.98. The van der Waals surface area contributed by atoms with Crippen molar-refractivity contribution in [1.82, 2.24) is 10.6 Å². The fraction of sp³-hybridized carbons (Fsp3) is 0.263. The Balaban J connectivity index is 1.51. The van der Waals surface area contributed by atoms with Crippen molar-refractivity contribution in [1.29, 1.82) is 0 Å². The lowest BCUT2D eigenvalue weighted by atomic mass is 10.2. The van der Waals surface area contributed by atoms with Crippen molar-refractivity contribution in [3.63, 3.8) is 0 Å². The van der Waals surface area contributed by atoms with Crippen LogP contribution in [0.25, 0.3) is 0 Å². The first-order valence-corrected chi connectivity index (χ1v) is 8.31. The van der Waals surface area contributed by atoms with E-state index in [1.54, 1.807) is 24.1 Å². The van der Waals surface area contributed by atoms with Crippen LogP contribution in [0.2, 0.25) is 0 Å². The number of urea groups is 1. The van der Waals surface area contributed by atoms with Gasteiger partial charge in [0.1, 0.15) is 17.6 Å². The van der Waals surface area contributed by atoms with Gasteiger partial charge in [-0.3, -0.25) is 4.79 Å². The Morgan fingerprint density at radius 2 is 1.88 bits per heavy atom. The molecule has 2 aromatic rings. The number of halogens is 1. The molecule has 2 aromatic carbocycles. The summed E-state index contributed by atoms with van der Waals surface area (Å²) in [6.07, 6.45) is 0.506. The SMILES string of the molecule is COc1ccc(CNC(=O)NC2CCN(c3ccc(F)cc3)C2=O)cc1. The minimum absolute atomic E-state index is 0.198. The van der Waals surface area contributed by atoms with Gasteiger partial charge in [-0.15, -0.1) is 0 Å². The van der Waals surface area contributed by atoms with Crippen molar-refractivity contribution in [3.05, 3.63) is 59.9 Å². The molecule has 0 saturated carbocycles. The molecular formula is C19H20FN3O3. The zero-order valence-corrected chi connectivity index (χ0v) is 14.4. The van der Waals surface area contributed by atoms with Gasteiger partial charge >= 0.3 is 6.03 Å². The van der Waals surface area contributed by atoms with Crippen molar-refractivity contribution in [3.8, 4) is 5.75 Å². The quantitative estimate of drug-likeness (QED) is 0.863. The van der Waals surface area contributed by atoms with Gasteiger partial charge in [-0.2, -0.15) is 0 Å². The van der Waals surface area contributed by atoms with E-state index in [1.807, 2.05) is 24.3 Å². The molecule has 136 valence electrons. The van der Waals surface area contributed by atoms with Gasteiger partial charge in [0.2, 0.25) is 5.91 Å². The van der Waals surface area contributed by atoms with Gasteiger partial charge in [-0.25, -0.2) is 9.18 Å². The van der Waals surface area contributed by atoms with Crippen LogP contribution in [-0.2, 0) is 11.3 Å². The zero-order chi connectivity index (χ0) is 18.5. The second-order valence-electron chi connectivity index (χ2n) is 5.98. The third-order valence-electron chi connectivity index (χ3n) is 4.26. The third-order valence-corrected chi connectivity index (χ3v) is 4.26. The molecule has 0 aromatic heterocycles. The Kier molecular flexibility index (Phi) is 5.36. The number of hydrogen-bond acceptors (Lipinski definition) is 3. The summed E-state index contributed by atoms with van der Waals surface area (Å²) < 4.78 is 18.1. The summed E-state index contributed by atoms with van der Waals surface area (Å²) >= 11 is 0. The molecule has 1 aliphatic rings. The summed E-state index contributed by atoms with van der Waals surface area (Å²) in [6, 6.07) is 12.1. The van der Waals surface area contributed by atoms with Gasteiger partial charge in [-0.1, -0.05) is 12.1 Å². The Morgan fingerprint density at radius 3 is 2.54 bits per heavy atom. The highest BCUT2D eigenvalue weighted by molar-refractivity contribution is 6.01. The number of carbonyl (C=O) groups is 2. The summed E-state index contributed by atoms with van der Waals surface area (Å²) in [7, 11) is 1.59. The van der Waals surface area contributed by atoms with Crippen molar-refractivity contribution >= 4 is 17.6 Å². The van der Waals surface area contributed by atoms with E-state index in [0.29, 0.717) is 25.2 Å². The average molecular weight is 357 g/mol. The summed E-state index contributed by atoms with van der Waals surface area (Å²) in [4.78, 5) is 26.1. The molecule has 0 spiro atoms. The lowest BCUT2D eigenvalue weighted by Gasteiger charge is -2.17. The molecule has 1 heterocycles. The molecule has 0 bridgehead atoms. The van der Waals surface area contributed by atoms with Crippen LogP contribution >= 0.6 is 0 Å². The Labute approximate surface area is 150 Å². The van der Waals surface area contributed by atoms with Gasteiger partial charge in [0.05, 0.1) is 7.11 Å². The number of anilines is 1. The normalized spacial score (nSPS) is 16.5. The number of rotatable bonds is 5. The Hall–Kier alpha value is -3.09. The molecule has 7 heteroatoms. The molecule has 26 heavy (non-hydrogen) atoms. The number of carbonyl (C=O) groups excluding carboxylic acids is 2. The van der Waals surface area contributed by atoms with Gasteiger partial charge in [-0.05, 0) is 48.4 Å². The predicted molar refractivity (Wildman–Crippen MR) is 95.5 cm³/mol. The first kappa shape index (κ1) is 17.7. The maximum Gasteiger partial charge on any atom is 0.315 e. The standard InChI is InChI=1S/C19H20FN3O3/c1-26-16-8-2-13(3-9-16)12-21-19(25)22-17-10-11-23(18(17)24)15-6-4-14(20)5-7-15/h2-9,17H,10-12H2,1H3,(H2,21,22,25). The number of benzene rings is 2. The van der Waals surface area contributed by atoms with E-state index in [1.165, 1.54) is 12.1 Å². The molecule has 1 aliphatic heterocycles. The minimum Gasteiger partial charge on any atom is -0.497 e. The molecule has 2 N–H and O–H groups in total. The molecule has 1 fully saturated rings. The van der Waals surface area contributed by atoms with Crippen LogP contribution in [0.15, 0.2) is 48.5 Å². The Bertz CT molecular complexity index is 778. The van der Waals surface area contributed by atoms with E-state index < -0.39 is 12.1 Å². The summed E-state index contributed by atoms with van der Waals surface area (Å²) in [6.45, 7) is 0.826. The lowest BCUT2D eigenvalue weighted by Crippen LogP contribution is -2.45. The fourth-order valence-corrected chi connectivity index (χ4v) is 2.83. The number of methoxy groups -OCH3 is 1. The van der Waals surface area contributed by atoms with Crippen molar-refractivity contribution in [2.24, 2.45) is 0 Å². The largest absolute Gasteiger partial charge is 0.497 e. The van der Waals surface area contributed by atoms with Crippen molar-refractivity contribution < 1.29 is 18.7 Å². The van der Waals surface area contributed by atoms with Crippen LogP contribution in [-0.4, -0.2) is 31.6 Å². The third kappa shape index (κ3) is 4.11. The summed E-state index contributed by atoms with van der Waals surface area (Å²) in [5.74, 6) is 0.194. The lowest BCUT2D eigenvalue weighted by molar-refractivity contribution is -0.118. The maximum absolute atomic E-state index is 13.0. The van der Waals surface area contributed by atoms with Gasteiger partial charge in [0.25, 0.3) is 0 Å². The molecule has 3 amide bonds. The second kappa shape index (κ2) is 7.86. The molecule has 6 nitrogen and oxygen atoms in total. The first-order chi connectivity index (χ1) is 12.6. The van der Waals surface area contributed by atoms with Gasteiger partial charge in [0, 0.05) is 18.8 Å². The van der Waals surface area contributed by atoms with E-state index in [0.717, 1.165) is 11.3 Å². The number of hydrogen-bond donors (Lipinski definition) is 2. The first-order valence-electron chi connectivity index (χ1n) is 8.31. The molecule has 1 saturated heterocycles. The molecular weight excluding hydrogens is 337 g/mol. The van der Waals surface area contributed by atoms with Crippen LogP contribution in [0.5, 0.6) is 5.75 Å². The number of nitrogens with one attached hydrogen (secondary N) is 2. The van der Waals surface area contributed by atoms with E-state index in [4.69, 9.17) is 4.74 Å². The van der Waals surface area contributed by atoms with E-state index in [9.17, 15) is 14.0 Å². The highest BCUT2D eigenvalue weighted by Gasteiger charge is 2.33. The van der Waals surface area contributed by atoms with Gasteiger partial charge in [0.15, 0.2) is 0 Å². The van der Waals surface area contributed by atoms with Crippen LogP contribution in [0, 0.1) is 5.82 Å². The number of amides is 3. The fourth-order valence-electron chi connectivity index (χ4n) is 2.83. The van der Waals surface area contributed by atoms with Crippen LogP contribution in [0.1, 0.15) is 12.0 Å².